The highest BCUT2D eigenvalue weighted by Gasteiger charge is 2.10. The Balaban J connectivity index is 2.07. The number of hydrogen-bond acceptors (Lipinski definition) is 5. The van der Waals surface area contributed by atoms with Crippen molar-refractivity contribution in [1.82, 2.24) is 5.43 Å². The number of amides is 1. The molecule has 0 aliphatic rings. The van der Waals surface area contributed by atoms with Crippen LogP contribution in [0.1, 0.15) is 22.8 Å². The van der Waals surface area contributed by atoms with Crippen molar-refractivity contribution in [2.24, 2.45) is 5.10 Å². The Hall–Kier alpha value is -3.02. The summed E-state index contributed by atoms with van der Waals surface area (Å²) in [6.45, 7) is 2.35. The van der Waals surface area contributed by atoms with Crippen molar-refractivity contribution >= 4 is 12.1 Å². The average Bonchev–Trinajstić information content (AvgIpc) is 2.62. The van der Waals surface area contributed by atoms with Crippen LogP contribution in [0.2, 0.25) is 0 Å². The molecule has 2 aromatic rings. The first-order valence-corrected chi connectivity index (χ1v) is 7.46. The number of hydrazone groups is 1. The number of carbonyl (C=O) groups is 1. The summed E-state index contributed by atoms with van der Waals surface area (Å²) in [5, 5.41) is 3.97. The third-order valence-electron chi connectivity index (χ3n) is 3.22. The van der Waals surface area contributed by atoms with Crippen LogP contribution in [0.5, 0.6) is 17.2 Å². The fourth-order valence-electron chi connectivity index (χ4n) is 2.09. The van der Waals surface area contributed by atoms with E-state index in [1.165, 1.54) is 6.21 Å². The molecule has 0 aromatic heterocycles. The third-order valence-corrected chi connectivity index (χ3v) is 3.22. The second-order valence-electron chi connectivity index (χ2n) is 4.74. The number of methoxy groups -OCH3 is 2. The summed E-state index contributed by atoms with van der Waals surface area (Å²) in [5.74, 6) is 1.41. The monoisotopic (exact) mass is 328 g/mol. The number of ether oxygens (including phenoxy) is 3. The van der Waals surface area contributed by atoms with Gasteiger partial charge < -0.3 is 14.2 Å². The number of hydrogen-bond donors (Lipinski definition) is 1. The molecule has 1 amide bonds. The molecule has 0 atom stereocenters. The second-order valence-corrected chi connectivity index (χ2v) is 4.74. The van der Waals surface area contributed by atoms with Gasteiger partial charge in [-0.25, -0.2) is 5.43 Å². The third kappa shape index (κ3) is 4.25. The average molecular weight is 328 g/mol. The Kier molecular flexibility index (Phi) is 6.19. The first-order chi connectivity index (χ1) is 11.7. The lowest BCUT2D eigenvalue weighted by Gasteiger charge is -2.08. The fourth-order valence-corrected chi connectivity index (χ4v) is 2.09. The van der Waals surface area contributed by atoms with Crippen LogP contribution in [-0.4, -0.2) is 32.9 Å². The van der Waals surface area contributed by atoms with E-state index in [0.29, 0.717) is 29.4 Å². The minimum Gasteiger partial charge on any atom is -0.493 e. The maximum atomic E-state index is 12.2. The predicted molar refractivity (Wildman–Crippen MR) is 92.2 cm³/mol. The zero-order valence-corrected chi connectivity index (χ0v) is 13.9. The number of para-hydroxylation sites is 1. The molecular weight excluding hydrogens is 308 g/mol. The van der Waals surface area contributed by atoms with E-state index < -0.39 is 0 Å². The first-order valence-electron chi connectivity index (χ1n) is 7.46. The molecule has 0 aliphatic heterocycles. The molecule has 2 aromatic carbocycles. The SMILES string of the molecule is CCOc1ccccc1C(=O)NN=Cc1ccc(OC)c(OC)c1. The van der Waals surface area contributed by atoms with Gasteiger partial charge in [0.2, 0.25) is 0 Å². The van der Waals surface area contributed by atoms with Crippen LogP contribution in [0.25, 0.3) is 0 Å². The van der Waals surface area contributed by atoms with Crippen LogP contribution in [0.4, 0.5) is 0 Å². The van der Waals surface area contributed by atoms with Gasteiger partial charge in [0.05, 0.1) is 32.6 Å². The fraction of sp³-hybridized carbons (Fsp3) is 0.222. The maximum Gasteiger partial charge on any atom is 0.275 e. The number of carbonyl (C=O) groups excluding carboxylic acids is 1. The molecule has 126 valence electrons. The molecule has 0 bridgehead atoms. The molecule has 0 unspecified atom stereocenters. The van der Waals surface area contributed by atoms with Crippen LogP contribution in [0, 0.1) is 0 Å². The van der Waals surface area contributed by atoms with E-state index in [-0.39, 0.29) is 5.91 Å². The summed E-state index contributed by atoms with van der Waals surface area (Å²) >= 11 is 0. The molecule has 0 spiro atoms. The standard InChI is InChI=1S/C18H20N2O4/c1-4-24-15-8-6-5-7-14(15)18(21)20-19-12-13-9-10-16(22-2)17(11-13)23-3/h5-12H,4H2,1-3H3,(H,20,21). The van der Waals surface area contributed by atoms with Gasteiger partial charge in [-0.3, -0.25) is 4.79 Å². The molecule has 0 saturated carbocycles. The van der Waals surface area contributed by atoms with E-state index in [2.05, 4.69) is 10.5 Å². The van der Waals surface area contributed by atoms with E-state index >= 15 is 0 Å². The Morgan fingerprint density at radius 1 is 1.08 bits per heavy atom. The summed E-state index contributed by atoms with van der Waals surface area (Å²) in [7, 11) is 3.13. The normalized spacial score (nSPS) is 10.5. The minimum atomic E-state index is -0.337. The molecule has 0 radical (unpaired) electrons. The molecule has 24 heavy (non-hydrogen) atoms. The highest BCUT2D eigenvalue weighted by atomic mass is 16.5. The van der Waals surface area contributed by atoms with E-state index in [1.807, 2.05) is 19.1 Å². The van der Waals surface area contributed by atoms with E-state index in [1.54, 1.807) is 44.6 Å². The highest BCUT2D eigenvalue weighted by molar-refractivity contribution is 5.97. The van der Waals surface area contributed by atoms with Crippen LogP contribution in [0.15, 0.2) is 47.6 Å². The van der Waals surface area contributed by atoms with E-state index in [4.69, 9.17) is 14.2 Å². The van der Waals surface area contributed by atoms with Crippen LogP contribution in [-0.2, 0) is 0 Å². The molecule has 6 nitrogen and oxygen atoms in total. The molecule has 0 saturated heterocycles. The van der Waals surface area contributed by atoms with Gasteiger partial charge in [0, 0.05) is 0 Å². The lowest BCUT2D eigenvalue weighted by molar-refractivity contribution is 0.0951. The Morgan fingerprint density at radius 2 is 1.83 bits per heavy atom. The summed E-state index contributed by atoms with van der Waals surface area (Å²) < 4.78 is 15.8. The van der Waals surface area contributed by atoms with Crippen molar-refractivity contribution < 1.29 is 19.0 Å². The van der Waals surface area contributed by atoms with Gasteiger partial charge in [-0.1, -0.05) is 12.1 Å². The number of nitrogens with zero attached hydrogens (tertiary/aromatic N) is 1. The summed E-state index contributed by atoms with van der Waals surface area (Å²) in [6, 6.07) is 12.4. The minimum absolute atomic E-state index is 0.337. The van der Waals surface area contributed by atoms with Gasteiger partial charge in [-0.2, -0.15) is 5.10 Å². The van der Waals surface area contributed by atoms with Crippen LogP contribution < -0.4 is 19.6 Å². The van der Waals surface area contributed by atoms with Crippen molar-refractivity contribution in [3.05, 3.63) is 53.6 Å². The lowest BCUT2D eigenvalue weighted by atomic mass is 10.2. The van der Waals surface area contributed by atoms with Crippen LogP contribution in [0.3, 0.4) is 0 Å². The van der Waals surface area contributed by atoms with Crippen molar-refractivity contribution in [3.8, 4) is 17.2 Å². The van der Waals surface area contributed by atoms with E-state index in [9.17, 15) is 4.79 Å². The quantitative estimate of drug-likeness (QED) is 0.627. The van der Waals surface area contributed by atoms with E-state index in [0.717, 1.165) is 5.56 Å². The molecule has 6 heteroatoms. The zero-order chi connectivity index (χ0) is 17.4. The summed E-state index contributed by atoms with van der Waals surface area (Å²) in [5.41, 5.74) is 3.69. The van der Waals surface area contributed by atoms with Gasteiger partial charge in [0.25, 0.3) is 5.91 Å². The van der Waals surface area contributed by atoms with Crippen molar-refractivity contribution in [2.75, 3.05) is 20.8 Å². The molecule has 2 rings (SSSR count). The second kappa shape index (κ2) is 8.57. The van der Waals surface area contributed by atoms with Crippen molar-refractivity contribution in [3.63, 3.8) is 0 Å². The Bertz CT molecular complexity index is 729. The van der Waals surface area contributed by atoms with Gasteiger partial charge in [-0.15, -0.1) is 0 Å². The molecule has 0 fully saturated rings. The predicted octanol–water partition coefficient (Wildman–Crippen LogP) is 2.87. The molecule has 1 N–H and O–H groups in total. The summed E-state index contributed by atoms with van der Waals surface area (Å²) in [4.78, 5) is 12.2. The molecule has 0 aliphatic carbocycles. The number of nitrogens with one attached hydrogen (secondary N) is 1. The molecular formula is C18H20N2O4. The van der Waals surface area contributed by atoms with Gasteiger partial charge in [-0.05, 0) is 42.8 Å². The topological polar surface area (TPSA) is 69.2 Å². The van der Waals surface area contributed by atoms with Gasteiger partial charge >= 0.3 is 0 Å². The maximum absolute atomic E-state index is 12.2. The number of benzene rings is 2. The summed E-state index contributed by atoms with van der Waals surface area (Å²) in [6.07, 6.45) is 1.53. The Morgan fingerprint density at radius 3 is 2.54 bits per heavy atom. The highest BCUT2D eigenvalue weighted by Crippen LogP contribution is 2.26. The smallest absolute Gasteiger partial charge is 0.275 e. The van der Waals surface area contributed by atoms with Crippen LogP contribution >= 0.6 is 0 Å². The largest absolute Gasteiger partial charge is 0.493 e. The number of rotatable bonds is 7. The Labute approximate surface area is 141 Å². The van der Waals surface area contributed by atoms with Crippen molar-refractivity contribution in [2.45, 2.75) is 6.92 Å². The van der Waals surface area contributed by atoms with Crippen molar-refractivity contribution in [1.29, 1.82) is 0 Å². The molecule has 0 heterocycles. The zero-order valence-electron chi connectivity index (χ0n) is 13.9. The lowest BCUT2D eigenvalue weighted by Crippen LogP contribution is -2.18. The van der Waals surface area contributed by atoms with Gasteiger partial charge in [0.15, 0.2) is 11.5 Å². The van der Waals surface area contributed by atoms with Gasteiger partial charge in [0.1, 0.15) is 5.75 Å². The first kappa shape index (κ1) is 17.3.